The molecule has 3 rings (SSSR count). The molecule has 1 fully saturated rings. The van der Waals surface area contributed by atoms with E-state index in [4.69, 9.17) is 4.74 Å². The Morgan fingerprint density at radius 1 is 1.26 bits per heavy atom. The second kappa shape index (κ2) is 7.56. The molecule has 0 atom stereocenters. The van der Waals surface area contributed by atoms with Crippen LogP contribution in [0.2, 0.25) is 0 Å². The van der Waals surface area contributed by atoms with Crippen molar-refractivity contribution >= 4 is 17.6 Å². The summed E-state index contributed by atoms with van der Waals surface area (Å²) in [6.45, 7) is 0. The van der Waals surface area contributed by atoms with E-state index in [1.807, 2.05) is 0 Å². The van der Waals surface area contributed by atoms with Crippen LogP contribution in [0.15, 0.2) is 36.5 Å². The van der Waals surface area contributed by atoms with Gasteiger partial charge in [0.15, 0.2) is 5.69 Å². The van der Waals surface area contributed by atoms with E-state index >= 15 is 0 Å². The highest BCUT2D eigenvalue weighted by Crippen LogP contribution is 2.29. The molecule has 1 aromatic carbocycles. The molecule has 1 heterocycles. The van der Waals surface area contributed by atoms with Gasteiger partial charge in [0.1, 0.15) is 5.54 Å². The van der Waals surface area contributed by atoms with Gasteiger partial charge in [-0.2, -0.15) is 5.10 Å². The highest BCUT2D eigenvalue weighted by Gasteiger charge is 2.42. The Kier molecular flexibility index (Phi) is 5.20. The number of methoxy groups -OCH3 is 1. The lowest BCUT2D eigenvalue weighted by Gasteiger charge is -2.34. The number of nitro benzene ring substituents is 1. The number of carbonyl (C=O) groups excluding carboxylic acids is 2. The zero-order chi connectivity index (χ0) is 19.4. The Morgan fingerprint density at radius 2 is 2.00 bits per heavy atom. The fourth-order valence-electron chi connectivity index (χ4n) is 3.35. The van der Waals surface area contributed by atoms with Crippen molar-refractivity contribution in [2.75, 3.05) is 7.11 Å². The normalized spacial score (nSPS) is 15.7. The van der Waals surface area contributed by atoms with Gasteiger partial charge in [-0.15, -0.1) is 0 Å². The summed E-state index contributed by atoms with van der Waals surface area (Å²) < 4.78 is 6.28. The van der Waals surface area contributed by atoms with E-state index < -0.39 is 22.3 Å². The van der Waals surface area contributed by atoms with E-state index in [-0.39, 0.29) is 11.4 Å². The van der Waals surface area contributed by atoms with Gasteiger partial charge in [-0.3, -0.25) is 14.9 Å². The number of rotatable bonds is 5. The van der Waals surface area contributed by atoms with Crippen molar-refractivity contribution < 1.29 is 19.2 Å². The van der Waals surface area contributed by atoms with Crippen LogP contribution in [0.3, 0.4) is 0 Å². The number of aromatic nitrogens is 2. The monoisotopic (exact) mass is 372 g/mol. The molecule has 1 N–H and O–H groups in total. The first-order valence-corrected chi connectivity index (χ1v) is 8.67. The Bertz CT molecular complexity index is 870. The molecule has 2 aromatic rings. The van der Waals surface area contributed by atoms with Crippen LogP contribution in [0.5, 0.6) is 0 Å². The molecule has 27 heavy (non-hydrogen) atoms. The molecule has 9 heteroatoms. The van der Waals surface area contributed by atoms with E-state index in [9.17, 15) is 19.7 Å². The lowest BCUT2D eigenvalue weighted by Crippen LogP contribution is -2.56. The third kappa shape index (κ3) is 3.81. The molecule has 1 aliphatic carbocycles. The highest BCUT2D eigenvalue weighted by molar-refractivity contribution is 5.96. The summed E-state index contributed by atoms with van der Waals surface area (Å²) in [4.78, 5) is 35.3. The summed E-state index contributed by atoms with van der Waals surface area (Å²) in [6, 6.07) is 7.44. The van der Waals surface area contributed by atoms with E-state index in [0.29, 0.717) is 18.5 Å². The average Bonchev–Trinajstić information content (AvgIpc) is 3.18. The maximum atomic E-state index is 12.7. The van der Waals surface area contributed by atoms with Crippen molar-refractivity contribution in [1.82, 2.24) is 15.1 Å². The number of ether oxygens (including phenoxy) is 1. The minimum atomic E-state index is -1.03. The predicted molar refractivity (Wildman–Crippen MR) is 95.5 cm³/mol. The number of non-ortho nitro benzene ring substituents is 1. The molecule has 0 spiro atoms. The van der Waals surface area contributed by atoms with Gasteiger partial charge in [0.25, 0.3) is 11.6 Å². The van der Waals surface area contributed by atoms with Gasteiger partial charge < -0.3 is 10.1 Å². The van der Waals surface area contributed by atoms with Crippen LogP contribution in [0.4, 0.5) is 5.69 Å². The summed E-state index contributed by atoms with van der Waals surface area (Å²) in [5, 5.41) is 17.9. The van der Waals surface area contributed by atoms with Crippen molar-refractivity contribution in [3.8, 4) is 5.69 Å². The standard InChI is InChI=1S/C18H20N4O5/c1-27-17(24)18(9-3-2-4-10-18)19-16(23)15-8-11-21(20-15)13-6-5-7-14(12-13)22(25)26/h5-8,11-12H,2-4,9-10H2,1H3,(H,19,23). The van der Waals surface area contributed by atoms with Crippen LogP contribution in [-0.4, -0.2) is 39.2 Å². The molecule has 0 bridgehead atoms. The number of nitrogens with one attached hydrogen (secondary N) is 1. The van der Waals surface area contributed by atoms with E-state index in [1.165, 1.54) is 30.0 Å². The van der Waals surface area contributed by atoms with Gasteiger partial charge in [0.2, 0.25) is 0 Å². The summed E-state index contributed by atoms with van der Waals surface area (Å²) >= 11 is 0. The SMILES string of the molecule is COC(=O)C1(NC(=O)c2ccn(-c3cccc([N+](=O)[O-])c3)n2)CCCCC1. The molecule has 0 aliphatic heterocycles. The summed E-state index contributed by atoms with van der Waals surface area (Å²) in [7, 11) is 1.31. The van der Waals surface area contributed by atoms with E-state index in [1.54, 1.807) is 18.3 Å². The Hall–Kier alpha value is -3.23. The molecule has 142 valence electrons. The number of hydrogen-bond donors (Lipinski definition) is 1. The first-order valence-electron chi connectivity index (χ1n) is 8.67. The molecular formula is C18H20N4O5. The van der Waals surface area contributed by atoms with Crippen molar-refractivity contribution in [3.63, 3.8) is 0 Å². The Balaban J connectivity index is 1.81. The van der Waals surface area contributed by atoms with Crippen molar-refractivity contribution in [2.45, 2.75) is 37.6 Å². The molecular weight excluding hydrogens is 352 g/mol. The quantitative estimate of drug-likeness (QED) is 0.489. The fraction of sp³-hybridized carbons (Fsp3) is 0.389. The first-order chi connectivity index (χ1) is 12.9. The molecule has 0 saturated heterocycles. The van der Waals surface area contributed by atoms with E-state index in [2.05, 4.69) is 10.4 Å². The zero-order valence-corrected chi connectivity index (χ0v) is 14.9. The van der Waals surface area contributed by atoms with Gasteiger partial charge in [-0.1, -0.05) is 25.3 Å². The summed E-state index contributed by atoms with van der Waals surface area (Å²) in [5.74, 6) is -0.930. The highest BCUT2D eigenvalue weighted by atomic mass is 16.6. The number of amides is 1. The smallest absolute Gasteiger partial charge is 0.331 e. The van der Waals surface area contributed by atoms with Crippen LogP contribution in [0.25, 0.3) is 5.69 Å². The average molecular weight is 372 g/mol. The van der Waals surface area contributed by atoms with Gasteiger partial charge in [0, 0.05) is 18.3 Å². The lowest BCUT2D eigenvalue weighted by atomic mass is 9.81. The number of nitrogens with zero attached hydrogens (tertiary/aromatic N) is 3. The molecule has 0 unspecified atom stereocenters. The van der Waals surface area contributed by atoms with Crippen LogP contribution in [0, 0.1) is 10.1 Å². The molecule has 1 aliphatic rings. The molecule has 1 amide bonds. The Morgan fingerprint density at radius 3 is 2.67 bits per heavy atom. The zero-order valence-electron chi connectivity index (χ0n) is 14.9. The minimum Gasteiger partial charge on any atom is -0.467 e. The largest absolute Gasteiger partial charge is 0.467 e. The molecule has 1 saturated carbocycles. The van der Waals surface area contributed by atoms with Crippen LogP contribution < -0.4 is 5.32 Å². The predicted octanol–water partition coefficient (Wildman–Crippen LogP) is 2.39. The second-order valence-corrected chi connectivity index (χ2v) is 6.51. The minimum absolute atomic E-state index is 0.0687. The Labute approximate surface area is 155 Å². The van der Waals surface area contributed by atoms with Gasteiger partial charge in [-0.05, 0) is 25.0 Å². The number of esters is 1. The molecule has 1 aromatic heterocycles. The molecule has 0 radical (unpaired) electrons. The van der Waals surface area contributed by atoms with Crippen LogP contribution in [-0.2, 0) is 9.53 Å². The number of carbonyl (C=O) groups is 2. The maximum absolute atomic E-state index is 12.7. The van der Waals surface area contributed by atoms with Crippen LogP contribution >= 0.6 is 0 Å². The van der Waals surface area contributed by atoms with Crippen LogP contribution in [0.1, 0.15) is 42.6 Å². The lowest BCUT2D eigenvalue weighted by molar-refractivity contribution is -0.384. The van der Waals surface area contributed by atoms with Gasteiger partial charge >= 0.3 is 5.97 Å². The third-order valence-electron chi connectivity index (χ3n) is 4.76. The van der Waals surface area contributed by atoms with Crippen molar-refractivity contribution in [2.24, 2.45) is 0 Å². The maximum Gasteiger partial charge on any atom is 0.331 e. The topological polar surface area (TPSA) is 116 Å². The van der Waals surface area contributed by atoms with Crippen molar-refractivity contribution in [1.29, 1.82) is 0 Å². The number of nitro groups is 1. The van der Waals surface area contributed by atoms with Gasteiger partial charge in [0.05, 0.1) is 17.7 Å². The summed E-state index contributed by atoms with van der Waals surface area (Å²) in [5.41, 5.74) is -0.515. The number of benzene rings is 1. The fourth-order valence-corrected chi connectivity index (χ4v) is 3.35. The van der Waals surface area contributed by atoms with Gasteiger partial charge in [-0.25, -0.2) is 9.48 Å². The number of hydrogen-bond acceptors (Lipinski definition) is 6. The second-order valence-electron chi connectivity index (χ2n) is 6.51. The third-order valence-corrected chi connectivity index (χ3v) is 4.76. The van der Waals surface area contributed by atoms with E-state index in [0.717, 1.165) is 19.3 Å². The molecule has 9 nitrogen and oxygen atoms in total. The van der Waals surface area contributed by atoms with Crippen molar-refractivity contribution in [3.05, 3.63) is 52.3 Å². The summed E-state index contributed by atoms with van der Waals surface area (Å²) in [6.07, 6.45) is 5.26. The first kappa shape index (κ1) is 18.6.